The maximum Gasteiger partial charge on any atom is 0.270 e. The van der Waals surface area contributed by atoms with Gasteiger partial charge >= 0.3 is 0 Å². The van der Waals surface area contributed by atoms with E-state index in [-0.39, 0.29) is 17.7 Å². The van der Waals surface area contributed by atoms with E-state index >= 15 is 0 Å². The number of likely N-dealkylation sites (tertiary alicyclic amines) is 1. The fourth-order valence-electron chi connectivity index (χ4n) is 3.81. The van der Waals surface area contributed by atoms with Gasteiger partial charge in [-0.1, -0.05) is 30.3 Å². The van der Waals surface area contributed by atoms with Crippen LogP contribution >= 0.6 is 11.3 Å². The highest BCUT2D eigenvalue weighted by atomic mass is 32.1. The fraction of sp³-hybridized carbons (Fsp3) is 0.333. The molecule has 0 spiro atoms. The SMILES string of the molecule is NC(=O)C1CCN(C(=O)c2cc3sccc3n2CCc2ccccc2)CC1. The smallest absolute Gasteiger partial charge is 0.270 e. The molecule has 1 fully saturated rings. The number of aryl methyl sites for hydroxylation is 2. The number of nitrogens with two attached hydrogens (primary N) is 1. The molecular formula is C21H23N3O2S. The predicted molar refractivity (Wildman–Crippen MR) is 108 cm³/mol. The molecule has 3 aromatic rings. The van der Waals surface area contributed by atoms with Crippen molar-refractivity contribution in [1.29, 1.82) is 0 Å². The molecule has 1 saturated heterocycles. The molecule has 4 rings (SSSR count). The van der Waals surface area contributed by atoms with Crippen molar-refractivity contribution >= 4 is 33.4 Å². The van der Waals surface area contributed by atoms with Crippen molar-refractivity contribution in [2.75, 3.05) is 13.1 Å². The number of amides is 2. The molecule has 2 amide bonds. The van der Waals surface area contributed by atoms with Crippen molar-refractivity contribution in [3.63, 3.8) is 0 Å². The van der Waals surface area contributed by atoms with E-state index in [2.05, 4.69) is 28.1 Å². The number of thiophene rings is 1. The number of nitrogens with zero attached hydrogens (tertiary/aromatic N) is 2. The van der Waals surface area contributed by atoms with Crippen molar-refractivity contribution in [1.82, 2.24) is 9.47 Å². The second kappa shape index (κ2) is 7.56. The van der Waals surface area contributed by atoms with Crippen LogP contribution in [0.25, 0.3) is 10.2 Å². The van der Waals surface area contributed by atoms with Crippen molar-refractivity contribution in [3.8, 4) is 0 Å². The number of fused-ring (bicyclic) bond motifs is 1. The van der Waals surface area contributed by atoms with Gasteiger partial charge in [-0.15, -0.1) is 11.3 Å². The first-order chi connectivity index (χ1) is 13.1. The molecule has 5 nitrogen and oxygen atoms in total. The zero-order valence-electron chi connectivity index (χ0n) is 15.1. The molecule has 1 aromatic carbocycles. The van der Waals surface area contributed by atoms with Gasteiger partial charge in [0.2, 0.25) is 5.91 Å². The number of benzene rings is 1. The van der Waals surface area contributed by atoms with E-state index in [9.17, 15) is 9.59 Å². The first-order valence-corrected chi connectivity index (χ1v) is 10.2. The minimum Gasteiger partial charge on any atom is -0.369 e. The molecule has 0 bridgehead atoms. The highest BCUT2D eigenvalue weighted by Crippen LogP contribution is 2.28. The van der Waals surface area contributed by atoms with Crippen LogP contribution in [0.2, 0.25) is 0 Å². The van der Waals surface area contributed by atoms with E-state index in [0.717, 1.165) is 28.9 Å². The molecule has 2 aromatic heterocycles. The molecular weight excluding hydrogens is 358 g/mol. The highest BCUT2D eigenvalue weighted by molar-refractivity contribution is 7.17. The van der Waals surface area contributed by atoms with Gasteiger partial charge < -0.3 is 15.2 Å². The Labute approximate surface area is 162 Å². The Morgan fingerprint density at radius 1 is 1.11 bits per heavy atom. The van der Waals surface area contributed by atoms with Crippen molar-refractivity contribution < 1.29 is 9.59 Å². The van der Waals surface area contributed by atoms with Gasteiger partial charge in [0, 0.05) is 25.6 Å². The number of carbonyl (C=O) groups is 2. The topological polar surface area (TPSA) is 68.3 Å². The monoisotopic (exact) mass is 381 g/mol. The zero-order chi connectivity index (χ0) is 18.8. The predicted octanol–water partition coefficient (Wildman–Crippen LogP) is 3.28. The van der Waals surface area contributed by atoms with E-state index in [4.69, 9.17) is 5.73 Å². The molecule has 0 radical (unpaired) electrons. The van der Waals surface area contributed by atoms with E-state index < -0.39 is 0 Å². The van der Waals surface area contributed by atoms with E-state index in [1.165, 1.54) is 5.56 Å². The van der Waals surface area contributed by atoms with Crippen LogP contribution < -0.4 is 5.73 Å². The molecule has 27 heavy (non-hydrogen) atoms. The van der Waals surface area contributed by atoms with Crippen LogP contribution in [0.5, 0.6) is 0 Å². The van der Waals surface area contributed by atoms with E-state index in [1.54, 1.807) is 11.3 Å². The fourth-order valence-corrected chi connectivity index (χ4v) is 4.63. The zero-order valence-corrected chi connectivity index (χ0v) is 16.0. The van der Waals surface area contributed by atoms with Gasteiger partial charge in [-0.25, -0.2) is 0 Å². The van der Waals surface area contributed by atoms with Crippen molar-refractivity contribution in [2.24, 2.45) is 11.7 Å². The van der Waals surface area contributed by atoms with Gasteiger partial charge in [0.15, 0.2) is 0 Å². The normalized spacial score (nSPS) is 15.3. The van der Waals surface area contributed by atoms with Crippen LogP contribution in [-0.4, -0.2) is 34.4 Å². The summed E-state index contributed by atoms with van der Waals surface area (Å²) in [5, 5.41) is 2.07. The van der Waals surface area contributed by atoms with Crippen molar-refractivity contribution in [3.05, 3.63) is 59.1 Å². The second-order valence-corrected chi connectivity index (χ2v) is 8.00. The van der Waals surface area contributed by atoms with Crippen LogP contribution in [0.15, 0.2) is 47.8 Å². The molecule has 0 atom stereocenters. The first-order valence-electron chi connectivity index (χ1n) is 9.33. The van der Waals surface area contributed by atoms with Gasteiger partial charge in [-0.2, -0.15) is 0 Å². The Balaban J connectivity index is 1.55. The summed E-state index contributed by atoms with van der Waals surface area (Å²) in [5.74, 6) is -0.314. The maximum absolute atomic E-state index is 13.2. The average molecular weight is 382 g/mol. The molecule has 140 valence electrons. The Hall–Kier alpha value is -2.60. The van der Waals surface area contributed by atoms with Crippen molar-refractivity contribution in [2.45, 2.75) is 25.8 Å². The van der Waals surface area contributed by atoms with E-state index in [0.29, 0.717) is 25.9 Å². The summed E-state index contributed by atoms with van der Waals surface area (Å²) in [6.45, 7) is 1.94. The lowest BCUT2D eigenvalue weighted by molar-refractivity contribution is -0.123. The number of hydrogen-bond acceptors (Lipinski definition) is 3. The lowest BCUT2D eigenvalue weighted by atomic mass is 9.96. The van der Waals surface area contributed by atoms with Crippen LogP contribution in [0.1, 0.15) is 28.9 Å². The third-order valence-corrected chi connectivity index (χ3v) is 6.25. The summed E-state index contributed by atoms with van der Waals surface area (Å²) >= 11 is 1.66. The number of aromatic nitrogens is 1. The average Bonchev–Trinajstić information content (AvgIpc) is 3.28. The molecule has 3 heterocycles. The van der Waals surface area contributed by atoms with Crippen LogP contribution in [-0.2, 0) is 17.8 Å². The van der Waals surface area contributed by atoms with Gasteiger partial charge in [0.1, 0.15) is 5.69 Å². The van der Waals surface area contributed by atoms with Crippen LogP contribution in [0, 0.1) is 5.92 Å². The summed E-state index contributed by atoms with van der Waals surface area (Å²) in [5.41, 5.74) is 8.53. The van der Waals surface area contributed by atoms with Gasteiger partial charge in [0.25, 0.3) is 5.91 Å². The summed E-state index contributed by atoms with van der Waals surface area (Å²) < 4.78 is 3.28. The third-order valence-electron chi connectivity index (χ3n) is 5.39. The Bertz CT molecular complexity index is 952. The molecule has 6 heteroatoms. The number of carbonyl (C=O) groups excluding carboxylic acids is 2. The Kier molecular flexibility index (Phi) is 4.99. The Morgan fingerprint density at radius 2 is 1.85 bits per heavy atom. The van der Waals surface area contributed by atoms with Crippen LogP contribution in [0.4, 0.5) is 0 Å². The minimum atomic E-state index is -0.256. The molecule has 0 aliphatic carbocycles. The van der Waals surface area contributed by atoms with E-state index in [1.807, 2.05) is 29.2 Å². The standard InChI is InChI=1S/C21H23N3O2S/c22-20(25)16-7-10-23(11-8-16)21(26)18-14-19-17(9-13-27-19)24(18)12-6-15-4-2-1-3-5-15/h1-5,9,13-14,16H,6-8,10-12H2,(H2,22,25). The quantitative estimate of drug-likeness (QED) is 0.737. The summed E-state index contributed by atoms with van der Waals surface area (Å²) in [6, 6.07) is 14.4. The lowest BCUT2D eigenvalue weighted by Gasteiger charge is -2.30. The summed E-state index contributed by atoms with van der Waals surface area (Å²) in [4.78, 5) is 26.4. The summed E-state index contributed by atoms with van der Waals surface area (Å²) in [7, 11) is 0. The second-order valence-electron chi connectivity index (χ2n) is 7.06. The number of primary amides is 1. The maximum atomic E-state index is 13.2. The first kappa shape index (κ1) is 17.8. The molecule has 1 aliphatic heterocycles. The molecule has 0 saturated carbocycles. The number of hydrogen-bond donors (Lipinski definition) is 1. The van der Waals surface area contributed by atoms with Gasteiger partial charge in [-0.3, -0.25) is 9.59 Å². The minimum absolute atomic E-state index is 0.0504. The Morgan fingerprint density at radius 3 is 2.56 bits per heavy atom. The van der Waals surface area contributed by atoms with Gasteiger partial charge in [-0.05, 0) is 42.3 Å². The summed E-state index contributed by atoms with van der Waals surface area (Å²) in [6.07, 6.45) is 2.19. The number of rotatable bonds is 5. The lowest BCUT2D eigenvalue weighted by Crippen LogP contribution is -2.42. The number of piperidine rings is 1. The molecule has 0 unspecified atom stereocenters. The molecule has 2 N–H and O–H groups in total. The van der Waals surface area contributed by atoms with Crippen LogP contribution in [0.3, 0.4) is 0 Å². The third kappa shape index (κ3) is 3.62. The van der Waals surface area contributed by atoms with Gasteiger partial charge in [0.05, 0.1) is 10.2 Å². The molecule has 1 aliphatic rings. The highest BCUT2D eigenvalue weighted by Gasteiger charge is 2.28. The largest absolute Gasteiger partial charge is 0.369 e.